The van der Waals surface area contributed by atoms with E-state index in [9.17, 15) is 9.59 Å². The van der Waals surface area contributed by atoms with E-state index in [1.807, 2.05) is 6.07 Å². The van der Waals surface area contributed by atoms with Crippen molar-refractivity contribution in [3.05, 3.63) is 35.9 Å². The van der Waals surface area contributed by atoms with Gasteiger partial charge in [0.25, 0.3) is 0 Å². The van der Waals surface area contributed by atoms with Gasteiger partial charge in [0.2, 0.25) is 5.78 Å². The molecule has 0 aliphatic heterocycles. The Morgan fingerprint density at radius 1 is 1.25 bits per heavy atom. The van der Waals surface area contributed by atoms with E-state index >= 15 is 0 Å². The van der Waals surface area contributed by atoms with E-state index in [1.165, 1.54) is 7.05 Å². The highest BCUT2D eigenvalue weighted by atomic mass is 79.9. The molecule has 2 N–H and O–H groups in total. The fourth-order valence-electron chi connectivity index (χ4n) is 0.915. The maximum Gasteiger partial charge on any atom is 0.334 e. The van der Waals surface area contributed by atoms with E-state index in [0.29, 0.717) is 5.56 Å². The van der Waals surface area contributed by atoms with Gasteiger partial charge in [0.05, 0.1) is 0 Å². The Kier molecular flexibility index (Phi) is 4.65. The Labute approximate surface area is 101 Å². The van der Waals surface area contributed by atoms with E-state index in [2.05, 4.69) is 31.8 Å². The number of hydrazone groups is 1. The van der Waals surface area contributed by atoms with Gasteiger partial charge in [-0.1, -0.05) is 30.3 Å². The molecule has 1 aromatic rings. The predicted octanol–water partition coefficient (Wildman–Crippen LogP) is 1.51. The van der Waals surface area contributed by atoms with E-state index in [1.54, 1.807) is 24.3 Å². The van der Waals surface area contributed by atoms with E-state index < -0.39 is 6.03 Å². The molecule has 0 aliphatic rings. The van der Waals surface area contributed by atoms with Crippen molar-refractivity contribution in [3.8, 4) is 0 Å². The number of carbonyl (C=O) groups is 2. The molecule has 5 nitrogen and oxygen atoms in total. The van der Waals surface area contributed by atoms with Crippen LogP contribution in [0.2, 0.25) is 0 Å². The summed E-state index contributed by atoms with van der Waals surface area (Å²) in [6, 6.07) is 8.15. The lowest BCUT2D eigenvalue weighted by molar-refractivity contribution is 0.106. The maximum absolute atomic E-state index is 11.7. The first-order valence-electron chi connectivity index (χ1n) is 4.46. The van der Waals surface area contributed by atoms with Gasteiger partial charge >= 0.3 is 6.03 Å². The topological polar surface area (TPSA) is 70.6 Å². The SMILES string of the molecule is CNC(=O)N/N=C(\Br)C(=O)c1ccccc1. The first-order chi connectivity index (χ1) is 7.65. The van der Waals surface area contributed by atoms with E-state index in [4.69, 9.17) is 0 Å². The number of amides is 2. The summed E-state index contributed by atoms with van der Waals surface area (Å²) in [7, 11) is 1.46. The van der Waals surface area contributed by atoms with Crippen LogP contribution in [0.4, 0.5) is 4.79 Å². The summed E-state index contributed by atoms with van der Waals surface area (Å²) >= 11 is 3.00. The van der Waals surface area contributed by atoms with E-state index in [0.717, 1.165) is 0 Å². The Balaban J connectivity index is 2.71. The zero-order valence-corrected chi connectivity index (χ0v) is 10.1. The highest BCUT2D eigenvalue weighted by molar-refractivity contribution is 9.19. The van der Waals surface area contributed by atoms with Crippen LogP contribution in [0.25, 0.3) is 0 Å². The number of rotatable bonds is 3. The molecule has 0 heterocycles. The maximum atomic E-state index is 11.7. The number of benzene rings is 1. The summed E-state index contributed by atoms with van der Waals surface area (Å²) in [6.07, 6.45) is 0. The van der Waals surface area contributed by atoms with Crippen LogP contribution in [-0.2, 0) is 0 Å². The number of halogens is 1. The van der Waals surface area contributed by atoms with Crippen molar-refractivity contribution in [2.24, 2.45) is 5.10 Å². The molecule has 0 aliphatic carbocycles. The normalized spacial score (nSPS) is 10.8. The summed E-state index contributed by atoms with van der Waals surface area (Å²) in [6.45, 7) is 0. The van der Waals surface area contributed by atoms with Crippen LogP contribution in [0.3, 0.4) is 0 Å². The number of nitrogens with one attached hydrogen (secondary N) is 2. The van der Waals surface area contributed by atoms with Crippen LogP contribution in [0.5, 0.6) is 0 Å². The van der Waals surface area contributed by atoms with Crippen LogP contribution < -0.4 is 10.7 Å². The molecular weight excluding hydrogens is 274 g/mol. The second-order valence-corrected chi connectivity index (χ2v) is 3.54. The molecule has 0 radical (unpaired) electrons. The number of hydrogen-bond donors (Lipinski definition) is 2. The van der Waals surface area contributed by atoms with Crippen molar-refractivity contribution in [1.82, 2.24) is 10.7 Å². The van der Waals surface area contributed by atoms with Crippen molar-refractivity contribution in [2.75, 3.05) is 7.05 Å². The van der Waals surface area contributed by atoms with Gasteiger partial charge in [-0.25, -0.2) is 10.2 Å². The van der Waals surface area contributed by atoms with Crippen molar-refractivity contribution in [2.45, 2.75) is 0 Å². The molecule has 0 fully saturated rings. The van der Waals surface area contributed by atoms with Gasteiger partial charge in [-0.15, -0.1) is 0 Å². The standard InChI is InChI=1S/C10H10BrN3O2/c1-12-10(16)14-13-9(11)8(15)7-5-3-2-4-6-7/h2-6H,1H3,(H2,12,14,16)/b13-9-. The van der Waals surface area contributed by atoms with Crippen molar-refractivity contribution in [3.63, 3.8) is 0 Å². The molecular formula is C10H10BrN3O2. The first kappa shape index (κ1) is 12.4. The largest absolute Gasteiger partial charge is 0.340 e. The van der Waals surface area contributed by atoms with Crippen LogP contribution in [-0.4, -0.2) is 23.5 Å². The number of hydrogen-bond acceptors (Lipinski definition) is 3. The van der Waals surface area contributed by atoms with Gasteiger partial charge in [-0.05, 0) is 15.9 Å². The Morgan fingerprint density at radius 3 is 2.44 bits per heavy atom. The van der Waals surface area contributed by atoms with Crippen molar-refractivity contribution >= 4 is 32.4 Å². The lowest BCUT2D eigenvalue weighted by Crippen LogP contribution is -2.30. The molecule has 0 spiro atoms. The molecule has 1 aromatic carbocycles. The molecule has 0 saturated heterocycles. The fraction of sp³-hybridized carbons (Fsp3) is 0.100. The Morgan fingerprint density at radius 2 is 1.88 bits per heavy atom. The van der Waals surface area contributed by atoms with E-state index in [-0.39, 0.29) is 10.4 Å². The van der Waals surface area contributed by atoms with Gasteiger partial charge in [0.1, 0.15) is 0 Å². The third-order valence-electron chi connectivity index (χ3n) is 1.71. The molecule has 6 heteroatoms. The highest BCUT2D eigenvalue weighted by Gasteiger charge is 2.10. The van der Waals surface area contributed by atoms with Crippen molar-refractivity contribution < 1.29 is 9.59 Å². The number of nitrogens with zero attached hydrogens (tertiary/aromatic N) is 1. The quantitative estimate of drug-likeness (QED) is 0.501. The summed E-state index contributed by atoms with van der Waals surface area (Å²) in [5.41, 5.74) is 2.65. The zero-order valence-electron chi connectivity index (χ0n) is 8.53. The molecule has 1 rings (SSSR count). The Bertz CT molecular complexity index is 417. The van der Waals surface area contributed by atoms with Crippen LogP contribution in [0.1, 0.15) is 10.4 Å². The third kappa shape index (κ3) is 3.47. The van der Waals surface area contributed by atoms with Gasteiger partial charge in [0, 0.05) is 12.6 Å². The smallest absolute Gasteiger partial charge is 0.334 e. The molecule has 2 amide bonds. The third-order valence-corrected chi connectivity index (χ3v) is 2.24. The molecule has 0 saturated carbocycles. The summed E-state index contributed by atoms with van der Waals surface area (Å²) < 4.78 is 0.0438. The highest BCUT2D eigenvalue weighted by Crippen LogP contribution is 2.04. The van der Waals surface area contributed by atoms with Gasteiger partial charge < -0.3 is 5.32 Å². The molecule has 0 aromatic heterocycles. The molecule has 0 atom stereocenters. The Hall–Kier alpha value is -1.69. The summed E-state index contributed by atoms with van der Waals surface area (Å²) in [4.78, 5) is 22.5. The summed E-state index contributed by atoms with van der Waals surface area (Å²) in [5, 5.41) is 5.90. The minimum absolute atomic E-state index is 0.0438. The van der Waals surface area contributed by atoms with Crippen molar-refractivity contribution in [1.29, 1.82) is 0 Å². The lowest BCUT2D eigenvalue weighted by Gasteiger charge is -2.00. The lowest BCUT2D eigenvalue weighted by atomic mass is 10.1. The van der Waals surface area contributed by atoms with Gasteiger partial charge in [-0.2, -0.15) is 5.10 Å². The number of ketones is 1. The first-order valence-corrected chi connectivity index (χ1v) is 5.25. The van der Waals surface area contributed by atoms with Gasteiger partial charge in [0.15, 0.2) is 4.62 Å². The molecule has 84 valence electrons. The monoisotopic (exact) mass is 283 g/mol. The minimum Gasteiger partial charge on any atom is -0.340 e. The second-order valence-electron chi connectivity index (χ2n) is 2.79. The molecule has 0 bridgehead atoms. The number of carbonyl (C=O) groups excluding carboxylic acids is 2. The number of Topliss-reactive ketones (excluding diaryl/α,β-unsaturated/α-hetero) is 1. The number of urea groups is 1. The molecule has 0 unspecified atom stereocenters. The molecule has 16 heavy (non-hydrogen) atoms. The minimum atomic E-state index is -0.488. The summed E-state index contributed by atoms with van der Waals surface area (Å²) in [5.74, 6) is -0.294. The van der Waals surface area contributed by atoms with Gasteiger partial charge in [-0.3, -0.25) is 4.79 Å². The van der Waals surface area contributed by atoms with Crippen LogP contribution in [0, 0.1) is 0 Å². The predicted molar refractivity (Wildman–Crippen MR) is 64.7 cm³/mol. The zero-order chi connectivity index (χ0) is 12.0. The van der Waals surface area contributed by atoms with Crippen LogP contribution in [0.15, 0.2) is 35.4 Å². The fourth-order valence-corrected chi connectivity index (χ4v) is 1.23. The van der Waals surface area contributed by atoms with Crippen LogP contribution >= 0.6 is 15.9 Å². The second kappa shape index (κ2) is 6.02. The average molecular weight is 284 g/mol. The average Bonchev–Trinajstić information content (AvgIpc) is 2.35.